The van der Waals surface area contributed by atoms with Crippen LogP contribution in [0, 0.1) is 13.8 Å². The van der Waals surface area contributed by atoms with Crippen LogP contribution in [0.5, 0.6) is 0 Å². The van der Waals surface area contributed by atoms with Gasteiger partial charge in [0.05, 0.1) is 0 Å². The summed E-state index contributed by atoms with van der Waals surface area (Å²) in [5.41, 5.74) is 4.22. The van der Waals surface area contributed by atoms with Crippen LogP contribution in [-0.2, 0) is 0 Å². The van der Waals surface area contributed by atoms with E-state index in [-0.39, 0.29) is 0 Å². The third-order valence-electron chi connectivity index (χ3n) is 4.34. The highest BCUT2D eigenvalue weighted by Crippen LogP contribution is 2.29. The maximum absolute atomic E-state index is 3.85. The van der Waals surface area contributed by atoms with Crippen LogP contribution in [0.1, 0.15) is 55.3 Å². The monoisotopic (exact) mass is 277 g/mol. The molecule has 1 N–H and O–H groups in total. The molecule has 1 fully saturated rings. The Labute approximate surface area is 122 Å². The molecule has 1 nitrogen and oxygen atoms in total. The van der Waals surface area contributed by atoms with Crippen molar-refractivity contribution in [3.63, 3.8) is 0 Å². The maximum Gasteiger partial charge on any atom is 0.0296 e. The lowest BCUT2D eigenvalue weighted by atomic mass is 9.93. The van der Waals surface area contributed by atoms with E-state index in [4.69, 9.17) is 0 Å². The van der Waals surface area contributed by atoms with Gasteiger partial charge in [-0.05, 0) is 57.4 Å². The molecule has 1 aliphatic carbocycles. The summed E-state index contributed by atoms with van der Waals surface area (Å²) in [5.74, 6) is 0. The molecule has 3 unspecified atom stereocenters. The fourth-order valence-corrected chi connectivity index (χ4v) is 4.09. The van der Waals surface area contributed by atoms with E-state index in [1.807, 2.05) is 11.8 Å². The summed E-state index contributed by atoms with van der Waals surface area (Å²) in [6.07, 6.45) is 7.70. The zero-order valence-corrected chi connectivity index (χ0v) is 13.5. The van der Waals surface area contributed by atoms with Gasteiger partial charge in [0.1, 0.15) is 0 Å². The molecule has 2 heteroatoms. The quantitative estimate of drug-likeness (QED) is 0.861. The molecule has 106 valence electrons. The first-order chi connectivity index (χ1) is 9.10. The molecule has 1 aliphatic rings. The van der Waals surface area contributed by atoms with Gasteiger partial charge in [0.2, 0.25) is 0 Å². The molecular formula is C17H27NS. The van der Waals surface area contributed by atoms with Gasteiger partial charge in [-0.2, -0.15) is 11.8 Å². The molecule has 0 heterocycles. The van der Waals surface area contributed by atoms with Crippen molar-refractivity contribution < 1.29 is 0 Å². The highest BCUT2D eigenvalue weighted by atomic mass is 32.2. The molecule has 19 heavy (non-hydrogen) atoms. The Morgan fingerprint density at radius 2 is 2.05 bits per heavy atom. The predicted molar refractivity (Wildman–Crippen MR) is 87.0 cm³/mol. The van der Waals surface area contributed by atoms with Crippen LogP contribution in [0.25, 0.3) is 0 Å². The van der Waals surface area contributed by atoms with Gasteiger partial charge in [0.15, 0.2) is 0 Å². The van der Waals surface area contributed by atoms with Gasteiger partial charge in [-0.1, -0.05) is 30.2 Å². The van der Waals surface area contributed by atoms with Crippen molar-refractivity contribution in [3.05, 3.63) is 34.9 Å². The van der Waals surface area contributed by atoms with Crippen LogP contribution in [-0.4, -0.2) is 17.5 Å². The minimum absolute atomic E-state index is 0.464. The molecule has 2 rings (SSSR count). The van der Waals surface area contributed by atoms with Crippen LogP contribution in [0.4, 0.5) is 0 Å². The van der Waals surface area contributed by atoms with Gasteiger partial charge in [0.25, 0.3) is 0 Å². The average Bonchev–Trinajstić information content (AvgIpc) is 2.38. The van der Waals surface area contributed by atoms with Crippen molar-refractivity contribution in [2.24, 2.45) is 0 Å². The third kappa shape index (κ3) is 4.00. The predicted octanol–water partition coefficient (Wildman–Crippen LogP) is 4.63. The van der Waals surface area contributed by atoms with Gasteiger partial charge < -0.3 is 5.32 Å². The van der Waals surface area contributed by atoms with Crippen molar-refractivity contribution in [1.29, 1.82) is 0 Å². The Morgan fingerprint density at radius 3 is 2.74 bits per heavy atom. The molecule has 1 aromatic rings. The normalized spacial score (nSPS) is 25.3. The molecule has 0 radical (unpaired) electrons. The summed E-state index contributed by atoms with van der Waals surface area (Å²) < 4.78 is 0. The van der Waals surface area contributed by atoms with E-state index >= 15 is 0 Å². The van der Waals surface area contributed by atoms with Crippen LogP contribution in [0.3, 0.4) is 0 Å². The summed E-state index contributed by atoms with van der Waals surface area (Å²) in [5, 5.41) is 4.71. The lowest BCUT2D eigenvalue weighted by molar-refractivity contribution is 0.353. The van der Waals surface area contributed by atoms with Gasteiger partial charge in [-0.3, -0.25) is 0 Å². The number of nitrogens with one attached hydrogen (secondary N) is 1. The van der Waals surface area contributed by atoms with Crippen molar-refractivity contribution in [3.8, 4) is 0 Å². The van der Waals surface area contributed by atoms with E-state index in [9.17, 15) is 0 Å². The number of thioether (sulfide) groups is 1. The van der Waals surface area contributed by atoms with Gasteiger partial charge in [0, 0.05) is 17.3 Å². The van der Waals surface area contributed by atoms with Crippen LogP contribution < -0.4 is 5.32 Å². The molecule has 0 aliphatic heterocycles. The summed E-state index contributed by atoms with van der Waals surface area (Å²) in [6, 6.07) is 7.97. The Morgan fingerprint density at radius 1 is 1.26 bits per heavy atom. The molecule has 0 spiro atoms. The van der Waals surface area contributed by atoms with Crippen molar-refractivity contribution in [2.75, 3.05) is 6.26 Å². The minimum Gasteiger partial charge on any atom is -0.307 e. The standard InChI is InChI=1S/C17H27NS/c1-12-8-9-17(13(2)10-12)14(3)18-15-6-5-7-16(11-15)19-4/h8-10,14-16,18H,5-7,11H2,1-4H3. The molecule has 1 aromatic carbocycles. The first-order valence-corrected chi connectivity index (χ1v) is 8.75. The molecule has 1 saturated carbocycles. The number of rotatable bonds is 4. The van der Waals surface area contributed by atoms with Crippen LogP contribution in [0.15, 0.2) is 18.2 Å². The third-order valence-corrected chi connectivity index (χ3v) is 5.43. The highest BCUT2D eigenvalue weighted by molar-refractivity contribution is 7.99. The van der Waals surface area contributed by atoms with Gasteiger partial charge in [-0.15, -0.1) is 0 Å². The van der Waals surface area contributed by atoms with Gasteiger partial charge in [-0.25, -0.2) is 0 Å². The maximum atomic E-state index is 3.85. The fraction of sp³-hybridized carbons (Fsp3) is 0.647. The zero-order chi connectivity index (χ0) is 13.8. The highest BCUT2D eigenvalue weighted by Gasteiger charge is 2.22. The summed E-state index contributed by atoms with van der Waals surface area (Å²) in [4.78, 5) is 0. The van der Waals surface area contributed by atoms with E-state index in [1.54, 1.807) is 0 Å². The Hall–Kier alpha value is -0.470. The second-order valence-electron chi connectivity index (χ2n) is 5.97. The molecule has 0 saturated heterocycles. The van der Waals surface area contributed by atoms with Crippen molar-refractivity contribution in [1.82, 2.24) is 5.32 Å². The second-order valence-corrected chi connectivity index (χ2v) is 7.11. The Bertz CT molecular complexity index is 416. The van der Waals surface area contributed by atoms with E-state index in [1.165, 1.54) is 42.4 Å². The summed E-state index contributed by atoms with van der Waals surface area (Å²) in [6.45, 7) is 6.70. The second kappa shape index (κ2) is 6.81. The smallest absolute Gasteiger partial charge is 0.0296 e. The first-order valence-electron chi connectivity index (χ1n) is 7.46. The SMILES string of the molecule is CSC1CCCC(NC(C)c2ccc(C)cc2C)C1. The topological polar surface area (TPSA) is 12.0 Å². The average molecular weight is 277 g/mol. The van der Waals surface area contributed by atoms with E-state index in [0.29, 0.717) is 12.1 Å². The van der Waals surface area contributed by atoms with E-state index in [2.05, 4.69) is 50.5 Å². The van der Waals surface area contributed by atoms with Crippen molar-refractivity contribution in [2.45, 2.75) is 63.8 Å². The lowest BCUT2D eigenvalue weighted by Crippen LogP contribution is -2.36. The molecule has 0 bridgehead atoms. The minimum atomic E-state index is 0.464. The fourth-order valence-electron chi connectivity index (χ4n) is 3.27. The largest absolute Gasteiger partial charge is 0.307 e. The Balaban J connectivity index is 1.98. The molecular weight excluding hydrogens is 250 g/mol. The zero-order valence-electron chi connectivity index (χ0n) is 12.7. The van der Waals surface area contributed by atoms with Gasteiger partial charge >= 0.3 is 0 Å². The molecule has 0 amide bonds. The van der Waals surface area contributed by atoms with Crippen molar-refractivity contribution >= 4 is 11.8 Å². The van der Waals surface area contributed by atoms with E-state index < -0.39 is 0 Å². The van der Waals surface area contributed by atoms with Crippen LogP contribution >= 0.6 is 11.8 Å². The summed E-state index contributed by atoms with van der Waals surface area (Å²) in [7, 11) is 0. The van der Waals surface area contributed by atoms with E-state index in [0.717, 1.165) is 5.25 Å². The summed E-state index contributed by atoms with van der Waals surface area (Å²) >= 11 is 2.04. The number of hydrogen-bond donors (Lipinski definition) is 1. The molecule has 0 aromatic heterocycles. The first kappa shape index (κ1) is 14.9. The lowest BCUT2D eigenvalue weighted by Gasteiger charge is -2.31. The Kier molecular flexibility index (Phi) is 5.35. The molecule has 3 atom stereocenters. The number of hydrogen-bond acceptors (Lipinski definition) is 2. The van der Waals surface area contributed by atoms with Crippen LogP contribution in [0.2, 0.25) is 0 Å². The number of aryl methyl sites for hydroxylation is 2. The number of benzene rings is 1.